The van der Waals surface area contributed by atoms with Crippen LogP contribution >= 0.6 is 11.3 Å². The predicted molar refractivity (Wildman–Crippen MR) is 88.0 cm³/mol. The van der Waals surface area contributed by atoms with Crippen molar-refractivity contribution < 1.29 is 4.79 Å². The second kappa shape index (κ2) is 7.40. The molecule has 0 aromatic carbocycles. The number of aryl methyl sites for hydroxylation is 2. The van der Waals surface area contributed by atoms with Crippen molar-refractivity contribution in [2.24, 2.45) is 0 Å². The molecule has 0 saturated heterocycles. The zero-order valence-electron chi connectivity index (χ0n) is 13.5. The summed E-state index contributed by atoms with van der Waals surface area (Å²) in [6.07, 6.45) is 2.57. The van der Waals surface area contributed by atoms with Crippen LogP contribution in [0, 0.1) is 13.8 Å². The zero-order valence-corrected chi connectivity index (χ0v) is 14.3. The maximum atomic E-state index is 12.1. The third-order valence-corrected chi connectivity index (χ3v) is 4.28. The molecule has 0 unspecified atom stereocenters. The number of rotatable bonds is 6. The van der Waals surface area contributed by atoms with Crippen molar-refractivity contribution in [3.8, 4) is 0 Å². The van der Waals surface area contributed by atoms with Crippen LogP contribution in [-0.4, -0.2) is 26.8 Å². The first-order chi connectivity index (χ1) is 10.5. The molecule has 0 spiro atoms. The Hall–Kier alpha value is -1.89. The van der Waals surface area contributed by atoms with Gasteiger partial charge in [-0.2, -0.15) is 5.10 Å². The summed E-state index contributed by atoms with van der Waals surface area (Å²) in [6.45, 7) is 8.64. The number of aromatic nitrogens is 3. The molecule has 0 aliphatic rings. The minimum Gasteiger partial charge on any atom is -0.334 e. The lowest BCUT2D eigenvalue weighted by Crippen LogP contribution is -2.44. The van der Waals surface area contributed by atoms with E-state index in [1.807, 2.05) is 43.8 Å². The standard InChI is InChI=1S/C15H23N5OS/c1-5-13(14-16-6-7-22-14)18-15(21)17-11(3)9-20-12(4)8-10(2)19-20/h6-8,11,13H,5,9H2,1-4H3,(H2,17,18,21)/t11-,13-/m1/s1. The fraction of sp³-hybridized carbons (Fsp3) is 0.533. The molecule has 2 amide bonds. The van der Waals surface area contributed by atoms with Gasteiger partial charge < -0.3 is 10.6 Å². The van der Waals surface area contributed by atoms with Crippen LogP contribution in [0.15, 0.2) is 17.6 Å². The Morgan fingerprint density at radius 2 is 2.18 bits per heavy atom. The van der Waals surface area contributed by atoms with Gasteiger partial charge in [0.25, 0.3) is 0 Å². The monoisotopic (exact) mass is 321 g/mol. The molecule has 0 aliphatic carbocycles. The summed E-state index contributed by atoms with van der Waals surface area (Å²) in [6, 6.07) is 1.81. The van der Waals surface area contributed by atoms with Gasteiger partial charge in [0.15, 0.2) is 0 Å². The molecule has 6 nitrogen and oxygen atoms in total. The minimum atomic E-state index is -0.170. The number of thiazole rings is 1. The highest BCUT2D eigenvalue weighted by atomic mass is 32.1. The number of hydrogen-bond donors (Lipinski definition) is 2. The van der Waals surface area contributed by atoms with E-state index >= 15 is 0 Å². The van der Waals surface area contributed by atoms with Crippen LogP contribution in [0.1, 0.15) is 42.7 Å². The maximum Gasteiger partial charge on any atom is 0.315 e. The third-order valence-electron chi connectivity index (χ3n) is 3.39. The second-order valence-electron chi connectivity index (χ2n) is 5.46. The van der Waals surface area contributed by atoms with Gasteiger partial charge in [-0.3, -0.25) is 4.68 Å². The van der Waals surface area contributed by atoms with Crippen LogP contribution < -0.4 is 10.6 Å². The second-order valence-corrected chi connectivity index (χ2v) is 6.39. The fourth-order valence-electron chi connectivity index (χ4n) is 2.33. The molecule has 0 saturated carbocycles. The molecule has 7 heteroatoms. The van der Waals surface area contributed by atoms with Gasteiger partial charge in [0.1, 0.15) is 5.01 Å². The lowest BCUT2D eigenvalue weighted by Gasteiger charge is -2.19. The first kappa shape index (κ1) is 16.5. The van der Waals surface area contributed by atoms with Crippen LogP contribution in [-0.2, 0) is 6.54 Å². The molecule has 2 atom stereocenters. The highest BCUT2D eigenvalue weighted by molar-refractivity contribution is 7.09. The SMILES string of the molecule is CC[C@@H](NC(=O)N[C@H](C)Cn1nc(C)cc1C)c1nccs1. The lowest BCUT2D eigenvalue weighted by molar-refractivity contribution is 0.232. The molecule has 0 aliphatic heterocycles. The van der Waals surface area contributed by atoms with E-state index in [-0.39, 0.29) is 18.1 Å². The zero-order chi connectivity index (χ0) is 16.1. The summed E-state index contributed by atoms with van der Waals surface area (Å²) in [7, 11) is 0. The smallest absolute Gasteiger partial charge is 0.315 e. The van der Waals surface area contributed by atoms with Crippen molar-refractivity contribution in [2.75, 3.05) is 0 Å². The topological polar surface area (TPSA) is 71.8 Å². The number of carbonyl (C=O) groups is 1. The minimum absolute atomic E-state index is 0.00759. The normalized spacial score (nSPS) is 13.6. The van der Waals surface area contributed by atoms with Gasteiger partial charge in [-0.1, -0.05) is 6.92 Å². The molecule has 2 N–H and O–H groups in total. The molecule has 0 fully saturated rings. The van der Waals surface area contributed by atoms with Crippen molar-refractivity contribution in [1.29, 1.82) is 0 Å². The molecule has 120 valence electrons. The van der Waals surface area contributed by atoms with Crippen molar-refractivity contribution >= 4 is 17.4 Å². The largest absolute Gasteiger partial charge is 0.334 e. The summed E-state index contributed by atoms with van der Waals surface area (Å²) in [5.41, 5.74) is 2.09. The molecule has 0 radical (unpaired) electrons. The fourth-order valence-corrected chi connectivity index (χ4v) is 3.11. The number of hydrogen-bond acceptors (Lipinski definition) is 4. The lowest BCUT2D eigenvalue weighted by atomic mass is 10.2. The highest BCUT2D eigenvalue weighted by Crippen LogP contribution is 2.18. The molecular formula is C15H23N5OS. The Morgan fingerprint density at radius 1 is 1.41 bits per heavy atom. The van der Waals surface area contributed by atoms with Gasteiger partial charge in [-0.05, 0) is 33.3 Å². The summed E-state index contributed by atoms with van der Waals surface area (Å²) in [4.78, 5) is 16.4. The van der Waals surface area contributed by atoms with Crippen molar-refractivity contribution in [3.05, 3.63) is 34.0 Å². The number of carbonyl (C=O) groups excluding carboxylic acids is 1. The molecule has 2 rings (SSSR count). The van der Waals surface area contributed by atoms with Crippen molar-refractivity contribution in [2.45, 2.75) is 52.7 Å². The molecule has 22 heavy (non-hydrogen) atoms. The van der Waals surface area contributed by atoms with E-state index < -0.39 is 0 Å². The van der Waals surface area contributed by atoms with Crippen LogP contribution in [0.2, 0.25) is 0 Å². The number of nitrogens with zero attached hydrogens (tertiary/aromatic N) is 3. The van der Waals surface area contributed by atoms with Gasteiger partial charge in [-0.25, -0.2) is 9.78 Å². The van der Waals surface area contributed by atoms with Crippen LogP contribution in [0.3, 0.4) is 0 Å². The summed E-state index contributed by atoms with van der Waals surface area (Å²) < 4.78 is 1.92. The first-order valence-corrected chi connectivity index (χ1v) is 8.35. The Labute approximate surface area is 135 Å². The molecule has 2 aromatic rings. The average molecular weight is 321 g/mol. The van der Waals surface area contributed by atoms with Crippen LogP contribution in [0.4, 0.5) is 4.79 Å². The van der Waals surface area contributed by atoms with Gasteiger partial charge in [-0.15, -0.1) is 11.3 Å². The Kier molecular flexibility index (Phi) is 5.54. The highest BCUT2D eigenvalue weighted by Gasteiger charge is 2.16. The van der Waals surface area contributed by atoms with E-state index in [4.69, 9.17) is 0 Å². The van der Waals surface area contributed by atoms with Crippen molar-refractivity contribution in [3.63, 3.8) is 0 Å². The van der Waals surface area contributed by atoms with Gasteiger partial charge >= 0.3 is 6.03 Å². The molecular weight excluding hydrogens is 298 g/mol. The molecule has 0 bridgehead atoms. The molecule has 2 heterocycles. The summed E-state index contributed by atoms with van der Waals surface area (Å²) in [5.74, 6) is 0. The van der Waals surface area contributed by atoms with E-state index in [2.05, 4.69) is 20.7 Å². The van der Waals surface area contributed by atoms with Gasteiger partial charge in [0, 0.05) is 23.3 Å². The van der Waals surface area contributed by atoms with Crippen LogP contribution in [0.25, 0.3) is 0 Å². The van der Waals surface area contributed by atoms with Gasteiger partial charge in [0.2, 0.25) is 0 Å². The predicted octanol–water partition coefficient (Wildman–Crippen LogP) is 2.80. The van der Waals surface area contributed by atoms with Crippen LogP contribution in [0.5, 0.6) is 0 Å². The summed E-state index contributed by atoms with van der Waals surface area (Å²) >= 11 is 1.56. The third kappa shape index (κ3) is 4.30. The Bertz CT molecular complexity index is 607. The number of nitrogens with one attached hydrogen (secondary N) is 2. The van der Waals surface area contributed by atoms with E-state index in [1.54, 1.807) is 17.5 Å². The summed E-state index contributed by atoms with van der Waals surface area (Å²) in [5, 5.41) is 13.2. The van der Waals surface area contributed by atoms with E-state index in [9.17, 15) is 4.79 Å². The number of urea groups is 1. The maximum absolute atomic E-state index is 12.1. The van der Waals surface area contributed by atoms with Gasteiger partial charge in [0.05, 0.1) is 18.3 Å². The Balaban J connectivity index is 1.87. The van der Waals surface area contributed by atoms with E-state index in [0.717, 1.165) is 22.8 Å². The first-order valence-electron chi connectivity index (χ1n) is 7.47. The quantitative estimate of drug-likeness (QED) is 0.859. The van der Waals surface area contributed by atoms with Crippen molar-refractivity contribution in [1.82, 2.24) is 25.4 Å². The number of amides is 2. The van der Waals surface area contributed by atoms with E-state index in [1.165, 1.54) is 0 Å². The Morgan fingerprint density at radius 3 is 2.73 bits per heavy atom. The average Bonchev–Trinajstić information content (AvgIpc) is 3.06. The molecule has 2 aromatic heterocycles. The van der Waals surface area contributed by atoms with E-state index in [0.29, 0.717) is 6.54 Å².